The largest absolute Gasteiger partial charge is 0.500 e. The number of hydrogen-bond acceptors (Lipinski definition) is 6. The highest BCUT2D eigenvalue weighted by molar-refractivity contribution is 6.63. The maximum atomic E-state index is 12.3. The van der Waals surface area contributed by atoms with Crippen molar-refractivity contribution in [3.8, 4) is 0 Å². The molecule has 26 heavy (non-hydrogen) atoms. The third-order valence-electron chi connectivity index (χ3n) is 4.50. The lowest BCUT2D eigenvalue weighted by molar-refractivity contribution is 0.00578. The first-order valence-electron chi connectivity index (χ1n) is 8.76. The van der Waals surface area contributed by atoms with E-state index < -0.39 is 30.0 Å². The lowest BCUT2D eigenvalue weighted by atomic mass is 9.80. The number of hydrogen-bond donors (Lipinski definition) is 1. The molecule has 0 saturated carbocycles. The summed E-state index contributed by atoms with van der Waals surface area (Å²) in [5, 5.41) is 7.13. The van der Waals surface area contributed by atoms with Crippen LogP contribution in [0.4, 0.5) is 10.6 Å². The van der Waals surface area contributed by atoms with Crippen molar-refractivity contribution in [3.63, 3.8) is 0 Å². The van der Waals surface area contributed by atoms with E-state index in [0.29, 0.717) is 24.4 Å². The molecule has 1 aromatic rings. The SMILES string of the molecule is COCCn1ncc(B2OC(C)(C)C(C)(C)O2)c1NC(=O)OC(C)(C)C. The van der Waals surface area contributed by atoms with Gasteiger partial charge in [-0.25, -0.2) is 9.48 Å². The first kappa shape index (κ1) is 20.7. The molecule has 146 valence electrons. The Balaban J connectivity index is 2.29. The zero-order valence-corrected chi connectivity index (χ0v) is 17.0. The van der Waals surface area contributed by atoms with Gasteiger partial charge in [-0.15, -0.1) is 0 Å². The van der Waals surface area contributed by atoms with Crippen molar-refractivity contribution in [1.29, 1.82) is 0 Å². The van der Waals surface area contributed by atoms with E-state index >= 15 is 0 Å². The molecule has 8 nitrogen and oxygen atoms in total. The Labute approximate surface area is 155 Å². The number of amides is 1. The van der Waals surface area contributed by atoms with Crippen molar-refractivity contribution in [3.05, 3.63) is 6.20 Å². The van der Waals surface area contributed by atoms with Gasteiger partial charge >= 0.3 is 13.2 Å². The van der Waals surface area contributed by atoms with Gasteiger partial charge in [-0.1, -0.05) is 0 Å². The van der Waals surface area contributed by atoms with Crippen molar-refractivity contribution < 1.29 is 23.6 Å². The molecule has 2 heterocycles. The normalized spacial score (nSPS) is 18.8. The smallest absolute Gasteiger partial charge is 0.444 e. The van der Waals surface area contributed by atoms with Crippen LogP contribution in [0.25, 0.3) is 0 Å². The first-order valence-corrected chi connectivity index (χ1v) is 8.76. The van der Waals surface area contributed by atoms with Gasteiger partial charge in [-0.2, -0.15) is 5.10 Å². The van der Waals surface area contributed by atoms with Crippen molar-refractivity contribution >= 4 is 24.5 Å². The maximum absolute atomic E-state index is 12.3. The number of anilines is 1. The van der Waals surface area contributed by atoms with Crippen LogP contribution in [0.3, 0.4) is 0 Å². The number of aromatic nitrogens is 2. The molecule has 1 aromatic heterocycles. The molecule has 1 N–H and O–H groups in total. The van der Waals surface area contributed by atoms with Crippen LogP contribution in [0.15, 0.2) is 6.20 Å². The molecule has 0 bridgehead atoms. The molecule has 1 fully saturated rings. The highest BCUT2D eigenvalue weighted by Crippen LogP contribution is 2.37. The predicted molar refractivity (Wildman–Crippen MR) is 99.7 cm³/mol. The van der Waals surface area contributed by atoms with Crippen molar-refractivity contribution in [2.24, 2.45) is 0 Å². The van der Waals surface area contributed by atoms with Crippen LogP contribution >= 0.6 is 0 Å². The van der Waals surface area contributed by atoms with E-state index in [-0.39, 0.29) is 0 Å². The van der Waals surface area contributed by atoms with Gasteiger partial charge in [0.25, 0.3) is 0 Å². The molecule has 0 unspecified atom stereocenters. The van der Waals surface area contributed by atoms with Crippen molar-refractivity contribution in [2.45, 2.75) is 71.8 Å². The Hall–Kier alpha value is -1.58. The minimum Gasteiger partial charge on any atom is -0.444 e. The number of ether oxygens (including phenoxy) is 2. The van der Waals surface area contributed by atoms with E-state index in [1.165, 1.54) is 0 Å². The second-order valence-corrected chi connectivity index (χ2v) is 8.38. The summed E-state index contributed by atoms with van der Waals surface area (Å²) in [5.74, 6) is 0.481. The van der Waals surface area contributed by atoms with E-state index in [9.17, 15) is 4.79 Å². The Kier molecular flexibility index (Phi) is 5.75. The third kappa shape index (κ3) is 4.58. The fourth-order valence-electron chi connectivity index (χ4n) is 2.43. The van der Waals surface area contributed by atoms with E-state index in [0.717, 1.165) is 0 Å². The Morgan fingerprint density at radius 2 is 1.85 bits per heavy atom. The standard InChI is InChI=1S/C17H30BN3O5/c1-15(2,3)24-14(22)20-13-12(11-19-21(13)9-10-23-8)18-25-16(4,5)17(6,7)26-18/h11H,9-10H2,1-8H3,(H,20,22). The van der Waals surface area contributed by atoms with Gasteiger partial charge in [0, 0.05) is 12.6 Å². The van der Waals surface area contributed by atoms with Crippen LogP contribution in [0.1, 0.15) is 48.5 Å². The lowest BCUT2D eigenvalue weighted by Gasteiger charge is -2.32. The molecule has 2 rings (SSSR count). The van der Waals surface area contributed by atoms with E-state index in [1.807, 2.05) is 48.5 Å². The number of rotatable bonds is 5. The number of nitrogens with zero attached hydrogens (tertiary/aromatic N) is 2. The summed E-state index contributed by atoms with van der Waals surface area (Å²) in [4.78, 5) is 12.3. The molecule has 0 radical (unpaired) electrons. The Morgan fingerprint density at radius 1 is 1.27 bits per heavy atom. The van der Waals surface area contributed by atoms with E-state index in [2.05, 4.69) is 10.4 Å². The van der Waals surface area contributed by atoms with Crippen molar-refractivity contribution in [2.75, 3.05) is 19.0 Å². The Morgan fingerprint density at radius 3 is 2.35 bits per heavy atom. The molecule has 0 aromatic carbocycles. The number of nitrogens with one attached hydrogen (secondary N) is 1. The molecule has 9 heteroatoms. The summed E-state index contributed by atoms with van der Waals surface area (Å²) >= 11 is 0. The quantitative estimate of drug-likeness (QED) is 0.803. The summed E-state index contributed by atoms with van der Waals surface area (Å²) in [5.41, 5.74) is -0.942. The molecule has 0 spiro atoms. The number of carbonyl (C=O) groups is 1. The highest BCUT2D eigenvalue weighted by atomic mass is 16.7. The van der Waals surface area contributed by atoms with E-state index in [1.54, 1.807) is 18.0 Å². The van der Waals surface area contributed by atoms with Gasteiger partial charge in [0.1, 0.15) is 11.4 Å². The second-order valence-electron chi connectivity index (χ2n) is 8.38. The van der Waals surface area contributed by atoms with Crippen LogP contribution in [0.5, 0.6) is 0 Å². The van der Waals surface area contributed by atoms with Gasteiger partial charge in [0.05, 0.1) is 30.6 Å². The minimum absolute atomic E-state index is 0.452. The minimum atomic E-state index is -0.638. The van der Waals surface area contributed by atoms with Crippen LogP contribution in [-0.4, -0.2) is 53.5 Å². The molecule has 1 aliphatic heterocycles. The van der Waals surface area contributed by atoms with Crippen LogP contribution in [-0.2, 0) is 25.3 Å². The summed E-state index contributed by atoms with van der Waals surface area (Å²) < 4.78 is 24.3. The van der Waals surface area contributed by atoms with Crippen LogP contribution in [0.2, 0.25) is 0 Å². The molecule has 1 aliphatic rings. The molecule has 0 aliphatic carbocycles. The predicted octanol–water partition coefficient (Wildman–Crippen LogP) is 2.18. The summed E-state index contributed by atoms with van der Waals surface area (Å²) in [6.45, 7) is 14.3. The molecule has 1 saturated heterocycles. The molecular formula is C17H30BN3O5. The fraction of sp³-hybridized carbons (Fsp3) is 0.765. The fourth-order valence-corrected chi connectivity index (χ4v) is 2.43. The molecule has 0 atom stereocenters. The van der Waals surface area contributed by atoms with Crippen LogP contribution < -0.4 is 10.8 Å². The average molecular weight is 367 g/mol. The molecule has 1 amide bonds. The summed E-state index contributed by atoms with van der Waals surface area (Å²) in [7, 11) is 0.973. The maximum Gasteiger partial charge on any atom is 0.500 e. The Bertz CT molecular complexity index is 635. The van der Waals surface area contributed by atoms with Gasteiger partial charge in [-0.3, -0.25) is 5.32 Å². The topological polar surface area (TPSA) is 83.8 Å². The van der Waals surface area contributed by atoms with E-state index in [4.69, 9.17) is 18.8 Å². The summed E-state index contributed by atoms with van der Waals surface area (Å²) in [6.07, 6.45) is 1.08. The lowest BCUT2D eigenvalue weighted by Crippen LogP contribution is -2.41. The highest BCUT2D eigenvalue weighted by Gasteiger charge is 2.53. The number of carbonyl (C=O) groups excluding carboxylic acids is 1. The van der Waals surface area contributed by atoms with Gasteiger partial charge < -0.3 is 18.8 Å². The van der Waals surface area contributed by atoms with Crippen LogP contribution in [0, 0.1) is 0 Å². The van der Waals surface area contributed by atoms with Crippen molar-refractivity contribution in [1.82, 2.24) is 9.78 Å². The third-order valence-corrected chi connectivity index (χ3v) is 4.50. The second kappa shape index (κ2) is 7.21. The summed E-state index contributed by atoms with van der Waals surface area (Å²) in [6, 6.07) is 0. The van der Waals surface area contributed by atoms with Gasteiger partial charge in [-0.05, 0) is 48.5 Å². The van der Waals surface area contributed by atoms with Gasteiger partial charge in [0.2, 0.25) is 0 Å². The monoisotopic (exact) mass is 367 g/mol. The zero-order chi connectivity index (χ0) is 19.8. The zero-order valence-electron chi connectivity index (χ0n) is 17.0. The average Bonchev–Trinajstić information content (AvgIpc) is 2.93. The van der Waals surface area contributed by atoms with Gasteiger partial charge in [0.15, 0.2) is 0 Å². The first-order chi connectivity index (χ1) is 11.9. The molecular weight excluding hydrogens is 337 g/mol. The number of methoxy groups -OCH3 is 1.